The molecule has 6 heteroatoms. The number of ether oxygens (including phenoxy) is 3. The third kappa shape index (κ3) is 53.9. The molecule has 67 heavy (non-hydrogen) atoms. The zero-order chi connectivity index (χ0) is 48.6. The minimum atomic E-state index is -0.774. The van der Waals surface area contributed by atoms with Gasteiger partial charge in [-0.15, -0.1) is 0 Å². The molecule has 0 saturated carbocycles. The molecule has 388 valence electrons. The second kappa shape index (κ2) is 55.7. The van der Waals surface area contributed by atoms with Gasteiger partial charge in [0.15, 0.2) is 6.10 Å². The Kier molecular flexibility index (Phi) is 53.3. The molecule has 0 aliphatic rings. The lowest BCUT2D eigenvalue weighted by atomic mass is 10.0. The van der Waals surface area contributed by atoms with Crippen molar-refractivity contribution in [3.8, 4) is 0 Å². The highest BCUT2D eigenvalue weighted by Crippen LogP contribution is 2.16. The van der Waals surface area contributed by atoms with E-state index in [1.54, 1.807) is 0 Å². The van der Waals surface area contributed by atoms with E-state index in [2.05, 4.69) is 81.5 Å². The molecule has 0 aromatic carbocycles. The minimum absolute atomic E-state index is 0.0738. The Morgan fingerprint density at radius 1 is 0.313 bits per heavy atom. The van der Waals surface area contributed by atoms with Gasteiger partial charge < -0.3 is 14.2 Å². The van der Waals surface area contributed by atoms with E-state index < -0.39 is 6.10 Å². The number of rotatable bonds is 52. The van der Waals surface area contributed by atoms with Crippen LogP contribution in [0.5, 0.6) is 0 Å². The molecule has 0 amide bonds. The maximum absolute atomic E-state index is 12.8. The van der Waals surface area contributed by atoms with E-state index in [9.17, 15) is 14.4 Å². The molecule has 0 N–H and O–H groups in total. The lowest BCUT2D eigenvalue weighted by molar-refractivity contribution is -0.167. The van der Waals surface area contributed by atoms with Gasteiger partial charge in [-0.05, 0) is 64.2 Å². The predicted molar refractivity (Wildman–Crippen MR) is 288 cm³/mol. The molecule has 0 heterocycles. The second-order valence-corrected chi connectivity index (χ2v) is 19.2. The van der Waals surface area contributed by atoms with Gasteiger partial charge in [0.25, 0.3) is 0 Å². The monoisotopic (exact) mass is 937 g/mol. The number of hydrogen-bond acceptors (Lipinski definition) is 6. The highest BCUT2D eigenvalue weighted by atomic mass is 16.6. The van der Waals surface area contributed by atoms with Gasteiger partial charge in [-0.2, -0.15) is 0 Å². The average molecular weight is 938 g/mol. The van der Waals surface area contributed by atoms with Gasteiger partial charge in [0.1, 0.15) is 13.2 Å². The number of esters is 3. The van der Waals surface area contributed by atoms with Crippen molar-refractivity contribution in [3.05, 3.63) is 60.8 Å². The standard InChI is InChI=1S/C61H108O6/c1-4-7-10-13-16-19-22-24-26-28-29-30-31-32-33-34-36-37-39-42-45-48-51-54-60(63)66-57-58(56-65-59(62)53-50-47-44-41-21-18-15-12-9-6-3)67-61(64)55-52-49-46-43-40-38-35-27-25-23-20-17-14-11-8-5-2/h7,10,16,19,24,26,29-30,32-33,58H,4-6,8-9,11-15,17-18,20-23,25,27-28,31,34-57H2,1-3H3/b10-7-,19-16-,26-24-,30-29-,33-32-. The van der Waals surface area contributed by atoms with Crippen molar-refractivity contribution in [3.63, 3.8) is 0 Å². The SMILES string of the molecule is CC/C=C\C/C=C\C/C=C\C/C=C\C/C=C\CCCCCCCCCC(=O)OCC(COC(=O)CCCCCCCCCCCC)OC(=O)CCCCCCCCCCCCCCCCCC. The van der Waals surface area contributed by atoms with Gasteiger partial charge >= 0.3 is 17.9 Å². The quantitative estimate of drug-likeness (QED) is 0.0262. The fourth-order valence-electron chi connectivity index (χ4n) is 8.24. The first-order chi connectivity index (χ1) is 33.0. The third-order valence-corrected chi connectivity index (χ3v) is 12.5. The van der Waals surface area contributed by atoms with Crippen LogP contribution in [-0.4, -0.2) is 37.2 Å². The summed E-state index contributed by atoms with van der Waals surface area (Å²) in [6.45, 7) is 6.53. The summed E-state index contributed by atoms with van der Waals surface area (Å²) < 4.78 is 16.8. The fourth-order valence-corrected chi connectivity index (χ4v) is 8.24. The number of unbranched alkanes of at least 4 members (excludes halogenated alkanes) is 31. The summed E-state index contributed by atoms with van der Waals surface area (Å²) in [7, 11) is 0. The summed E-state index contributed by atoms with van der Waals surface area (Å²) in [4.78, 5) is 38.1. The lowest BCUT2D eigenvalue weighted by Crippen LogP contribution is -2.30. The van der Waals surface area contributed by atoms with Gasteiger partial charge in [-0.1, -0.05) is 268 Å². The Morgan fingerprint density at radius 3 is 0.910 bits per heavy atom. The van der Waals surface area contributed by atoms with Crippen molar-refractivity contribution in [2.24, 2.45) is 0 Å². The third-order valence-electron chi connectivity index (χ3n) is 12.5. The predicted octanol–water partition coefficient (Wildman–Crippen LogP) is 19.2. The maximum atomic E-state index is 12.8. The highest BCUT2D eigenvalue weighted by molar-refractivity contribution is 5.71. The van der Waals surface area contributed by atoms with E-state index in [1.807, 2.05) is 0 Å². The Hall–Kier alpha value is -2.89. The van der Waals surface area contributed by atoms with E-state index in [4.69, 9.17) is 14.2 Å². The van der Waals surface area contributed by atoms with Crippen molar-refractivity contribution >= 4 is 17.9 Å². The van der Waals surface area contributed by atoms with Gasteiger partial charge in [-0.25, -0.2) is 0 Å². The van der Waals surface area contributed by atoms with Crippen LogP contribution < -0.4 is 0 Å². The van der Waals surface area contributed by atoms with E-state index in [-0.39, 0.29) is 31.1 Å². The first-order valence-corrected chi connectivity index (χ1v) is 28.8. The highest BCUT2D eigenvalue weighted by Gasteiger charge is 2.19. The van der Waals surface area contributed by atoms with E-state index in [1.165, 1.54) is 154 Å². The van der Waals surface area contributed by atoms with Gasteiger partial charge in [0, 0.05) is 19.3 Å². The van der Waals surface area contributed by atoms with Crippen LogP contribution >= 0.6 is 0 Å². The van der Waals surface area contributed by atoms with E-state index in [0.717, 1.165) is 96.3 Å². The van der Waals surface area contributed by atoms with Crippen molar-refractivity contribution < 1.29 is 28.6 Å². The molecule has 0 aromatic rings. The molecule has 0 fully saturated rings. The number of allylic oxidation sites excluding steroid dienone is 10. The van der Waals surface area contributed by atoms with Crippen LogP contribution in [0.4, 0.5) is 0 Å². The Morgan fingerprint density at radius 2 is 0.582 bits per heavy atom. The fraction of sp³-hybridized carbons (Fsp3) is 0.787. The molecule has 1 unspecified atom stereocenters. The van der Waals surface area contributed by atoms with Gasteiger partial charge in [0.05, 0.1) is 0 Å². The maximum Gasteiger partial charge on any atom is 0.306 e. The summed E-state index contributed by atoms with van der Waals surface area (Å²) in [6.07, 6.45) is 69.3. The summed E-state index contributed by atoms with van der Waals surface area (Å²) in [6, 6.07) is 0. The van der Waals surface area contributed by atoms with Crippen LogP contribution in [0.2, 0.25) is 0 Å². The van der Waals surface area contributed by atoms with Crippen molar-refractivity contribution in [2.45, 2.75) is 297 Å². The smallest absolute Gasteiger partial charge is 0.306 e. The number of carbonyl (C=O) groups is 3. The summed E-state index contributed by atoms with van der Waals surface area (Å²) in [5, 5.41) is 0. The van der Waals surface area contributed by atoms with Crippen LogP contribution in [0.1, 0.15) is 290 Å². The van der Waals surface area contributed by atoms with Crippen molar-refractivity contribution in [1.29, 1.82) is 0 Å². The zero-order valence-electron chi connectivity index (χ0n) is 44.4. The Bertz CT molecular complexity index is 1210. The van der Waals surface area contributed by atoms with E-state index in [0.29, 0.717) is 19.3 Å². The molecule has 0 bridgehead atoms. The van der Waals surface area contributed by atoms with Gasteiger partial charge in [-0.3, -0.25) is 14.4 Å². The lowest BCUT2D eigenvalue weighted by Gasteiger charge is -2.18. The molecular weight excluding hydrogens is 829 g/mol. The van der Waals surface area contributed by atoms with Gasteiger partial charge in [0.2, 0.25) is 0 Å². The summed E-state index contributed by atoms with van der Waals surface area (Å²) in [5.74, 6) is -0.874. The summed E-state index contributed by atoms with van der Waals surface area (Å²) >= 11 is 0. The molecular formula is C61H108O6. The molecule has 0 aliphatic carbocycles. The molecule has 0 saturated heterocycles. The minimum Gasteiger partial charge on any atom is -0.462 e. The first kappa shape index (κ1) is 64.1. The number of carbonyl (C=O) groups excluding carboxylic acids is 3. The molecule has 1 atom stereocenters. The normalized spacial score (nSPS) is 12.5. The van der Waals surface area contributed by atoms with Crippen LogP contribution in [-0.2, 0) is 28.6 Å². The topological polar surface area (TPSA) is 78.9 Å². The molecule has 0 radical (unpaired) electrons. The van der Waals surface area contributed by atoms with Crippen molar-refractivity contribution in [2.75, 3.05) is 13.2 Å². The molecule has 0 aliphatic heterocycles. The molecule has 0 aromatic heterocycles. The van der Waals surface area contributed by atoms with E-state index >= 15 is 0 Å². The molecule has 0 spiro atoms. The molecule has 0 rings (SSSR count). The van der Waals surface area contributed by atoms with Crippen LogP contribution in [0.25, 0.3) is 0 Å². The van der Waals surface area contributed by atoms with Crippen LogP contribution in [0.3, 0.4) is 0 Å². The van der Waals surface area contributed by atoms with Crippen LogP contribution in [0.15, 0.2) is 60.8 Å². The average Bonchev–Trinajstić information content (AvgIpc) is 3.33. The Labute approximate surface area is 415 Å². The van der Waals surface area contributed by atoms with Crippen molar-refractivity contribution in [1.82, 2.24) is 0 Å². The summed E-state index contributed by atoms with van der Waals surface area (Å²) in [5.41, 5.74) is 0. The Balaban J connectivity index is 4.29. The molecule has 6 nitrogen and oxygen atoms in total. The zero-order valence-corrected chi connectivity index (χ0v) is 44.4. The number of hydrogen-bond donors (Lipinski definition) is 0. The largest absolute Gasteiger partial charge is 0.462 e. The van der Waals surface area contributed by atoms with Crippen LogP contribution in [0, 0.1) is 0 Å². The second-order valence-electron chi connectivity index (χ2n) is 19.2. The first-order valence-electron chi connectivity index (χ1n) is 28.8.